The van der Waals surface area contributed by atoms with Gasteiger partial charge < -0.3 is 9.88 Å². The van der Waals surface area contributed by atoms with Gasteiger partial charge in [0.1, 0.15) is 5.82 Å². The first-order valence-corrected chi connectivity index (χ1v) is 9.15. The fraction of sp³-hybridized carbons (Fsp3) is 0.833. The van der Waals surface area contributed by atoms with Crippen LogP contribution in [-0.2, 0) is 13.0 Å². The Balaban J connectivity index is 1.76. The van der Waals surface area contributed by atoms with Crippen LogP contribution in [0.3, 0.4) is 0 Å². The number of hydrogen-bond donors (Lipinski definition) is 1. The summed E-state index contributed by atoms with van der Waals surface area (Å²) in [6.45, 7) is 4.59. The maximum absolute atomic E-state index is 5.14. The number of hydrogen-bond acceptors (Lipinski definition) is 2. The number of nitrogens with zero attached hydrogens (tertiary/aromatic N) is 2. The predicted molar refractivity (Wildman–Crippen MR) is 85.5 cm³/mol. The van der Waals surface area contributed by atoms with Gasteiger partial charge in [-0.3, -0.25) is 0 Å². The Bertz CT molecular complexity index is 499. The molecule has 2 aliphatic carbocycles. The molecule has 2 saturated carbocycles. The van der Waals surface area contributed by atoms with Crippen molar-refractivity contribution in [1.29, 1.82) is 0 Å². The summed E-state index contributed by atoms with van der Waals surface area (Å²) in [5, 5.41) is 3.51. The van der Waals surface area contributed by atoms with Crippen molar-refractivity contribution in [3.05, 3.63) is 17.2 Å². The van der Waals surface area contributed by atoms with Crippen LogP contribution in [0.15, 0.2) is 0 Å². The lowest BCUT2D eigenvalue weighted by Crippen LogP contribution is -2.29. The number of fused-ring (bicyclic) bond motifs is 1. The highest BCUT2D eigenvalue weighted by molar-refractivity contribution is 5.24. The molecule has 0 saturated heterocycles. The van der Waals surface area contributed by atoms with E-state index in [9.17, 15) is 0 Å². The third-order valence-corrected chi connectivity index (χ3v) is 6.07. The lowest BCUT2D eigenvalue weighted by Gasteiger charge is -2.34. The van der Waals surface area contributed by atoms with Gasteiger partial charge in [0.25, 0.3) is 0 Å². The van der Waals surface area contributed by atoms with Crippen molar-refractivity contribution < 1.29 is 0 Å². The quantitative estimate of drug-likeness (QED) is 0.893. The first-order valence-electron chi connectivity index (χ1n) is 9.15. The Kier molecular flexibility index (Phi) is 3.78. The van der Waals surface area contributed by atoms with Gasteiger partial charge in [-0.15, -0.1) is 0 Å². The molecule has 3 aliphatic rings. The van der Waals surface area contributed by atoms with E-state index in [0.29, 0.717) is 0 Å². The number of aromatic nitrogens is 2. The Hall–Kier alpha value is -0.830. The van der Waals surface area contributed by atoms with Crippen LogP contribution in [0.25, 0.3) is 0 Å². The van der Waals surface area contributed by atoms with Crippen molar-refractivity contribution in [3.63, 3.8) is 0 Å². The van der Waals surface area contributed by atoms with Gasteiger partial charge in [0.05, 0.1) is 5.69 Å². The molecule has 0 bridgehead atoms. The standard InChI is InChI=1S/C18H29N3/c1-13-6-2-5-9-16(13)21-17-10-11-19-12-15(17)20-18(21)14-7-3-4-8-14/h13-14,16,19H,2-12H2,1H3. The normalized spacial score (nSPS) is 30.5. The average Bonchev–Trinajstić information content (AvgIpc) is 3.15. The molecule has 3 nitrogen and oxygen atoms in total. The SMILES string of the molecule is CC1CCCCC1n1c(C2CCCC2)nc2c1CCNC2. The summed E-state index contributed by atoms with van der Waals surface area (Å²) in [5.41, 5.74) is 2.94. The molecule has 3 heteroatoms. The Morgan fingerprint density at radius 1 is 1.05 bits per heavy atom. The lowest BCUT2D eigenvalue weighted by molar-refractivity contribution is 0.244. The van der Waals surface area contributed by atoms with Crippen LogP contribution in [0.2, 0.25) is 0 Å². The minimum atomic E-state index is 0.726. The van der Waals surface area contributed by atoms with E-state index >= 15 is 0 Å². The van der Waals surface area contributed by atoms with Gasteiger partial charge in [0, 0.05) is 37.2 Å². The number of imidazole rings is 1. The Morgan fingerprint density at radius 2 is 1.81 bits per heavy atom. The Morgan fingerprint density at radius 3 is 2.62 bits per heavy atom. The summed E-state index contributed by atoms with van der Waals surface area (Å²) in [6, 6.07) is 0.726. The van der Waals surface area contributed by atoms with Gasteiger partial charge in [0.15, 0.2) is 0 Å². The van der Waals surface area contributed by atoms with Gasteiger partial charge in [0.2, 0.25) is 0 Å². The minimum Gasteiger partial charge on any atom is -0.328 e. The molecular formula is C18H29N3. The monoisotopic (exact) mass is 287 g/mol. The molecule has 116 valence electrons. The van der Waals surface area contributed by atoms with Gasteiger partial charge in [-0.1, -0.05) is 32.6 Å². The van der Waals surface area contributed by atoms with Crippen molar-refractivity contribution in [1.82, 2.24) is 14.9 Å². The van der Waals surface area contributed by atoms with Crippen molar-refractivity contribution in [2.24, 2.45) is 5.92 Å². The fourth-order valence-electron chi connectivity index (χ4n) is 4.88. The maximum Gasteiger partial charge on any atom is 0.112 e. The van der Waals surface area contributed by atoms with Crippen LogP contribution in [0, 0.1) is 5.92 Å². The van der Waals surface area contributed by atoms with Crippen molar-refractivity contribution >= 4 is 0 Å². The highest BCUT2D eigenvalue weighted by Gasteiger charge is 2.33. The van der Waals surface area contributed by atoms with Crippen molar-refractivity contribution in [2.75, 3.05) is 6.54 Å². The first kappa shape index (κ1) is 13.8. The van der Waals surface area contributed by atoms with E-state index in [1.165, 1.54) is 69.3 Å². The largest absolute Gasteiger partial charge is 0.328 e. The molecule has 1 N–H and O–H groups in total. The third kappa shape index (κ3) is 2.44. The second kappa shape index (κ2) is 5.75. The maximum atomic E-state index is 5.14. The zero-order chi connectivity index (χ0) is 14.2. The summed E-state index contributed by atoms with van der Waals surface area (Å²) in [5.74, 6) is 3.02. The van der Waals surface area contributed by atoms with Crippen molar-refractivity contribution in [2.45, 2.75) is 83.2 Å². The van der Waals surface area contributed by atoms with Crippen molar-refractivity contribution in [3.8, 4) is 0 Å². The van der Waals surface area contributed by atoms with Crippen LogP contribution in [0.5, 0.6) is 0 Å². The van der Waals surface area contributed by atoms with E-state index in [1.54, 1.807) is 5.69 Å². The average molecular weight is 287 g/mol. The van der Waals surface area contributed by atoms with E-state index < -0.39 is 0 Å². The molecule has 0 spiro atoms. The number of rotatable bonds is 2. The molecule has 1 aromatic heterocycles. The lowest BCUT2D eigenvalue weighted by atomic mass is 9.85. The molecule has 0 aromatic carbocycles. The topological polar surface area (TPSA) is 29.9 Å². The summed E-state index contributed by atoms with van der Waals surface area (Å²) in [4.78, 5) is 5.14. The zero-order valence-corrected chi connectivity index (χ0v) is 13.4. The van der Waals surface area contributed by atoms with E-state index in [4.69, 9.17) is 4.98 Å². The summed E-state index contributed by atoms with van der Waals surface area (Å²) in [7, 11) is 0. The van der Waals surface area contributed by atoms with Crippen LogP contribution in [0.1, 0.15) is 87.5 Å². The molecule has 0 amide bonds. The van der Waals surface area contributed by atoms with Crippen LogP contribution in [0.4, 0.5) is 0 Å². The molecule has 1 aliphatic heterocycles. The highest BCUT2D eigenvalue weighted by atomic mass is 15.2. The minimum absolute atomic E-state index is 0.726. The van der Waals surface area contributed by atoms with E-state index in [0.717, 1.165) is 31.0 Å². The zero-order valence-electron chi connectivity index (χ0n) is 13.4. The van der Waals surface area contributed by atoms with E-state index in [2.05, 4.69) is 16.8 Å². The Labute approximate surface area is 128 Å². The number of nitrogens with one attached hydrogen (secondary N) is 1. The van der Waals surface area contributed by atoms with Crippen LogP contribution >= 0.6 is 0 Å². The van der Waals surface area contributed by atoms with Gasteiger partial charge in [-0.05, 0) is 31.6 Å². The van der Waals surface area contributed by atoms with Gasteiger partial charge >= 0.3 is 0 Å². The van der Waals surface area contributed by atoms with E-state index in [-0.39, 0.29) is 0 Å². The molecule has 2 fully saturated rings. The molecule has 0 radical (unpaired) electrons. The summed E-state index contributed by atoms with van der Waals surface area (Å²) < 4.78 is 2.75. The molecule has 2 unspecified atom stereocenters. The first-order chi connectivity index (χ1) is 10.3. The summed E-state index contributed by atoms with van der Waals surface area (Å²) in [6.07, 6.45) is 12.3. The van der Waals surface area contributed by atoms with Gasteiger partial charge in [-0.25, -0.2) is 4.98 Å². The second-order valence-electron chi connectivity index (χ2n) is 7.47. The molecule has 21 heavy (non-hydrogen) atoms. The third-order valence-electron chi connectivity index (χ3n) is 6.07. The van der Waals surface area contributed by atoms with Crippen LogP contribution < -0.4 is 5.32 Å². The molecule has 2 heterocycles. The molecular weight excluding hydrogens is 258 g/mol. The van der Waals surface area contributed by atoms with E-state index in [1.807, 2.05) is 0 Å². The summed E-state index contributed by atoms with van der Waals surface area (Å²) >= 11 is 0. The van der Waals surface area contributed by atoms with Crippen LogP contribution in [-0.4, -0.2) is 16.1 Å². The molecule has 4 rings (SSSR count). The molecule has 1 aromatic rings. The highest BCUT2D eigenvalue weighted by Crippen LogP contribution is 2.41. The molecule has 2 atom stereocenters. The predicted octanol–water partition coefficient (Wildman–Crippen LogP) is 3.94. The fourth-order valence-corrected chi connectivity index (χ4v) is 4.88. The smallest absolute Gasteiger partial charge is 0.112 e. The second-order valence-corrected chi connectivity index (χ2v) is 7.47. The van der Waals surface area contributed by atoms with Gasteiger partial charge in [-0.2, -0.15) is 0 Å².